The minimum Gasteiger partial charge on any atom is -0.508 e. The number of nitrogens with two attached hydrogens (primary N) is 1. The van der Waals surface area contributed by atoms with Gasteiger partial charge in [-0.15, -0.1) is 12.4 Å². The number of phenolic OH excluding ortho intramolecular Hbond substituents is 1. The Morgan fingerprint density at radius 1 is 1.31 bits per heavy atom. The molecule has 0 aliphatic rings. The third-order valence-corrected chi connectivity index (χ3v) is 3.42. The zero-order valence-corrected chi connectivity index (χ0v) is 11.5. The molecule has 2 rings (SSSR count). The van der Waals surface area contributed by atoms with E-state index in [1.54, 1.807) is 23.5 Å². The summed E-state index contributed by atoms with van der Waals surface area (Å²) >= 11 is 4.96. The topological polar surface area (TPSA) is 46.2 Å². The summed E-state index contributed by atoms with van der Waals surface area (Å²) in [5.74, 6) is 0.233. The van der Waals surface area contributed by atoms with E-state index in [0.29, 0.717) is 0 Å². The fourth-order valence-corrected chi connectivity index (χ4v) is 2.48. The molecule has 1 heterocycles. The molecule has 0 spiro atoms. The largest absolute Gasteiger partial charge is 0.508 e. The van der Waals surface area contributed by atoms with Gasteiger partial charge in [0.2, 0.25) is 0 Å². The van der Waals surface area contributed by atoms with E-state index >= 15 is 0 Å². The van der Waals surface area contributed by atoms with Gasteiger partial charge < -0.3 is 10.8 Å². The SMILES string of the molecule is Cl.N[C@H](c1ccsc1)c1cc(Br)ccc1O. The minimum absolute atomic E-state index is 0. The van der Waals surface area contributed by atoms with Gasteiger partial charge in [-0.05, 0) is 40.6 Å². The van der Waals surface area contributed by atoms with Crippen LogP contribution in [0.25, 0.3) is 0 Å². The molecule has 0 aliphatic heterocycles. The Balaban J connectivity index is 0.00000128. The number of phenols is 1. The predicted octanol–water partition coefficient (Wildman–Crippen LogP) is 3.69. The first-order valence-electron chi connectivity index (χ1n) is 4.44. The van der Waals surface area contributed by atoms with Crippen molar-refractivity contribution >= 4 is 39.7 Å². The predicted molar refractivity (Wildman–Crippen MR) is 73.4 cm³/mol. The van der Waals surface area contributed by atoms with Gasteiger partial charge in [0.25, 0.3) is 0 Å². The van der Waals surface area contributed by atoms with Gasteiger partial charge in [-0.1, -0.05) is 15.9 Å². The van der Waals surface area contributed by atoms with Crippen LogP contribution in [-0.4, -0.2) is 5.11 Å². The molecule has 0 saturated carbocycles. The van der Waals surface area contributed by atoms with Gasteiger partial charge >= 0.3 is 0 Å². The number of hydrogen-bond acceptors (Lipinski definition) is 3. The van der Waals surface area contributed by atoms with Gasteiger partial charge in [-0.2, -0.15) is 11.3 Å². The highest BCUT2D eigenvalue weighted by Crippen LogP contribution is 2.30. The molecule has 16 heavy (non-hydrogen) atoms. The zero-order valence-electron chi connectivity index (χ0n) is 8.26. The third kappa shape index (κ3) is 2.77. The highest BCUT2D eigenvalue weighted by atomic mass is 79.9. The van der Waals surface area contributed by atoms with E-state index in [-0.39, 0.29) is 24.2 Å². The van der Waals surface area contributed by atoms with E-state index < -0.39 is 0 Å². The van der Waals surface area contributed by atoms with E-state index in [9.17, 15) is 5.11 Å². The molecule has 0 unspecified atom stereocenters. The first-order valence-corrected chi connectivity index (χ1v) is 6.18. The second-order valence-electron chi connectivity index (χ2n) is 3.24. The molecular formula is C11H11BrClNOS. The van der Waals surface area contributed by atoms with Crippen LogP contribution in [0.5, 0.6) is 5.75 Å². The summed E-state index contributed by atoms with van der Waals surface area (Å²) in [5, 5.41) is 13.7. The Labute approximate surface area is 113 Å². The number of rotatable bonds is 2. The van der Waals surface area contributed by atoms with Crippen LogP contribution in [0.4, 0.5) is 0 Å². The molecule has 5 heteroatoms. The van der Waals surface area contributed by atoms with Gasteiger partial charge in [-0.25, -0.2) is 0 Å². The molecule has 0 aliphatic carbocycles. The second-order valence-corrected chi connectivity index (χ2v) is 4.93. The molecule has 1 atom stereocenters. The summed E-state index contributed by atoms with van der Waals surface area (Å²) in [4.78, 5) is 0. The molecule has 1 aromatic heterocycles. The van der Waals surface area contributed by atoms with Crippen molar-refractivity contribution in [1.29, 1.82) is 0 Å². The lowest BCUT2D eigenvalue weighted by Gasteiger charge is -2.12. The summed E-state index contributed by atoms with van der Waals surface area (Å²) in [6, 6.07) is 6.98. The van der Waals surface area contributed by atoms with Gasteiger partial charge in [0, 0.05) is 10.0 Å². The molecule has 0 saturated heterocycles. The van der Waals surface area contributed by atoms with E-state index in [2.05, 4.69) is 15.9 Å². The summed E-state index contributed by atoms with van der Waals surface area (Å²) in [6.07, 6.45) is 0. The fraction of sp³-hybridized carbons (Fsp3) is 0.0909. The normalized spacial score (nSPS) is 11.9. The van der Waals surface area contributed by atoms with Crippen LogP contribution in [0, 0.1) is 0 Å². The average molecular weight is 321 g/mol. The molecule has 2 nitrogen and oxygen atoms in total. The van der Waals surface area contributed by atoms with Crippen molar-refractivity contribution in [1.82, 2.24) is 0 Å². The standard InChI is InChI=1S/C11H10BrNOS.ClH/c12-8-1-2-10(14)9(5-8)11(13)7-3-4-15-6-7;/h1-6,11,14H,13H2;1H/t11-;/m1./s1. The molecule has 1 aromatic carbocycles. The molecule has 0 amide bonds. The van der Waals surface area contributed by atoms with Crippen LogP contribution in [0.2, 0.25) is 0 Å². The van der Waals surface area contributed by atoms with Crippen molar-refractivity contribution in [2.75, 3.05) is 0 Å². The second kappa shape index (κ2) is 5.68. The van der Waals surface area contributed by atoms with Crippen LogP contribution in [0.15, 0.2) is 39.5 Å². The fourth-order valence-electron chi connectivity index (χ4n) is 1.41. The molecule has 0 bridgehead atoms. The molecule has 0 radical (unpaired) electrons. The molecule has 0 fully saturated rings. The van der Waals surface area contributed by atoms with Crippen molar-refractivity contribution in [2.45, 2.75) is 6.04 Å². The Hall–Kier alpha value is -0.550. The van der Waals surface area contributed by atoms with Crippen molar-refractivity contribution in [3.05, 3.63) is 50.6 Å². The lowest BCUT2D eigenvalue weighted by molar-refractivity contribution is 0.465. The van der Waals surface area contributed by atoms with Crippen LogP contribution in [0.3, 0.4) is 0 Å². The Bertz CT molecular complexity index is 461. The smallest absolute Gasteiger partial charge is 0.120 e. The van der Waals surface area contributed by atoms with E-state index in [0.717, 1.165) is 15.6 Å². The molecule has 3 N–H and O–H groups in total. The maximum absolute atomic E-state index is 9.71. The molecule has 2 aromatic rings. The summed E-state index contributed by atoms with van der Waals surface area (Å²) < 4.78 is 0.918. The minimum atomic E-state index is -0.270. The number of halogens is 2. The van der Waals surface area contributed by atoms with E-state index in [1.165, 1.54) is 0 Å². The maximum atomic E-state index is 9.71. The third-order valence-electron chi connectivity index (χ3n) is 2.23. The zero-order chi connectivity index (χ0) is 10.8. The monoisotopic (exact) mass is 319 g/mol. The number of hydrogen-bond donors (Lipinski definition) is 2. The van der Waals surface area contributed by atoms with Crippen LogP contribution in [0.1, 0.15) is 17.2 Å². The van der Waals surface area contributed by atoms with Crippen LogP contribution < -0.4 is 5.73 Å². The van der Waals surface area contributed by atoms with Gasteiger partial charge in [0.05, 0.1) is 6.04 Å². The first kappa shape index (κ1) is 13.5. The van der Waals surface area contributed by atoms with Gasteiger partial charge in [0.1, 0.15) is 5.75 Å². The Kier molecular flexibility index (Phi) is 4.80. The number of aromatic hydroxyl groups is 1. The Morgan fingerprint density at radius 2 is 2.06 bits per heavy atom. The van der Waals surface area contributed by atoms with Gasteiger partial charge in [-0.3, -0.25) is 0 Å². The quantitative estimate of drug-likeness (QED) is 0.886. The lowest BCUT2D eigenvalue weighted by Crippen LogP contribution is -2.10. The van der Waals surface area contributed by atoms with Crippen LogP contribution in [-0.2, 0) is 0 Å². The first-order chi connectivity index (χ1) is 7.18. The summed E-state index contributed by atoms with van der Waals surface area (Å²) in [6.45, 7) is 0. The van der Waals surface area contributed by atoms with Gasteiger partial charge in [0.15, 0.2) is 0 Å². The summed E-state index contributed by atoms with van der Waals surface area (Å²) in [7, 11) is 0. The van der Waals surface area contributed by atoms with Crippen molar-refractivity contribution in [2.24, 2.45) is 5.73 Å². The van der Waals surface area contributed by atoms with Crippen molar-refractivity contribution in [3.63, 3.8) is 0 Å². The van der Waals surface area contributed by atoms with Crippen LogP contribution >= 0.6 is 39.7 Å². The molecule has 86 valence electrons. The Morgan fingerprint density at radius 3 is 2.69 bits per heavy atom. The maximum Gasteiger partial charge on any atom is 0.120 e. The lowest BCUT2D eigenvalue weighted by atomic mass is 10.0. The molecular weight excluding hydrogens is 310 g/mol. The van der Waals surface area contributed by atoms with Crippen molar-refractivity contribution < 1.29 is 5.11 Å². The summed E-state index contributed by atoms with van der Waals surface area (Å²) in [5.41, 5.74) is 7.82. The van der Waals surface area contributed by atoms with E-state index in [4.69, 9.17) is 5.73 Å². The highest BCUT2D eigenvalue weighted by Gasteiger charge is 2.13. The van der Waals surface area contributed by atoms with Crippen molar-refractivity contribution in [3.8, 4) is 5.75 Å². The average Bonchev–Trinajstić information content (AvgIpc) is 2.74. The highest BCUT2D eigenvalue weighted by molar-refractivity contribution is 9.10. The number of benzene rings is 1. The number of thiophene rings is 1. The van der Waals surface area contributed by atoms with E-state index in [1.807, 2.05) is 22.9 Å².